The first-order valence-corrected chi connectivity index (χ1v) is 10.3. The molecule has 1 atom stereocenters. The number of nitrogens with zero attached hydrogens (tertiary/aromatic N) is 3. The Balaban J connectivity index is 1.52. The lowest BCUT2D eigenvalue weighted by molar-refractivity contribution is 0.196. The van der Waals surface area contributed by atoms with Gasteiger partial charge in [0, 0.05) is 43.2 Å². The third kappa shape index (κ3) is 3.10. The van der Waals surface area contributed by atoms with Crippen LogP contribution >= 0.6 is 0 Å². The average molecular weight is 374 g/mol. The van der Waals surface area contributed by atoms with Gasteiger partial charge in [-0.15, -0.1) is 0 Å². The quantitative estimate of drug-likeness (QED) is 0.737. The maximum Gasteiger partial charge on any atom is 0.124 e. The summed E-state index contributed by atoms with van der Waals surface area (Å²) in [4.78, 5) is 14.9. The maximum atomic E-state index is 6.04. The third-order valence-electron chi connectivity index (χ3n) is 5.97. The average Bonchev–Trinajstić information content (AvgIpc) is 3.37. The van der Waals surface area contributed by atoms with Gasteiger partial charge in [-0.05, 0) is 55.0 Å². The van der Waals surface area contributed by atoms with Crippen LogP contribution in [0.5, 0.6) is 5.75 Å². The molecule has 1 unspecified atom stereocenters. The number of nitrogens with one attached hydrogen (secondary N) is 1. The summed E-state index contributed by atoms with van der Waals surface area (Å²) in [6.07, 6.45) is 10.2. The molecule has 1 aliphatic carbocycles. The zero-order chi connectivity index (χ0) is 18.9. The molecule has 5 nitrogen and oxygen atoms in total. The number of hydrogen-bond donors (Lipinski definition) is 1. The van der Waals surface area contributed by atoms with Gasteiger partial charge >= 0.3 is 0 Å². The van der Waals surface area contributed by atoms with Gasteiger partial charge in [-0.25, -0.2) is 4.98 Å². The van der Waals surface area contributed by atoms with Crippen LogP contribution in [0.1, 0.15) is 53.0 Å². The van der Waals surface area contributed by atoms with Crippen molar-refractivity contribution in [3.63, 3.8) is 0 Å². The number of aromatic amines is 1. The highest BCUT2D eigenvalue weighted by Crippen LogP contribution is 2.37. The van der Waals surface area contributed by atoms with E-state index in [1.807, 2.05) is 24.8 Å². The number of aryl methyl sites for hydroxylation is 2. The molecule has 2 aliphatic rings. The fourth-order valence-electron chi connectivity index (χ4n) is 4.69. The number of aromatic nitrogens is 3. The van der Waals surface area contributed by atoms with Crippen LogP contribution < -0.4 is 4.74 Å². The van der Waals surface area contributed by atoms with Gasteiger partial charge in [-0.1, -0.05) is 12.1 Å². The van der Waals surface area contributed by atoms with E-state index < -0.39 is 0 Å². The first-order valence-electron chi connectivity index (χ1n) is 10.3. The van der Waals surface area contributed by atoms with Crippen molar-refractivity contribution in [2.75, 3.05) is 13.2 Å². The van der Waals surface area contributed by atoms with Crippen molar-refractivity contribution in [1.82, 2.24) is 19.9 Å². The molecule has 0 spiro atoms. The van der Waals surface area contributed by atoms with Gasteiger partial charge < -0.3 is 9.72 Å². The van der Waals surface area contributed by atoms with Crippen LogP contribution in [0.15, 0.2) is 43.0 Å². The van der Waals surface area contributed by atoms with Gasteiger partial charge in [0.25, 0.3) is 0 Å². The Kier molecular flexibility index (Phi) is 4.61. The highest BCUT2D eigenvalue weighted by Gasteiger charge is 2.32. The molecule has 3 heterocycles. The summed E-state index contributed by atoms with van der Waals surface area (Å²) in [6, 6.07) is 8.94. The summed E-state index contributed by atoms with van der Waals surface area (Å²) < 4.78 is 6.04. The molecule has 144 valence electrons. The number of rotatable bonds is 5. The summed E-state index contributed by atoms with van der Waals surface area (Å²) >= 11 is 0. The van der Waals surface area contributed by atoms with Gasteiger partial charge in [0.05, 0.1) is 24.7 Å². The molecule has 0 radical (unpaired) electrons. The minimum atomic E-state index is 0.117. The Hall–Kier alpha value is -2.66. The van der Waals surface area contributed by atoms with Crippen LogP contribution in [0.4, 0.5) is 0 Å². The molecule has 5 rings (SSSR count). The maximum absolute atomic E-state index is 6.04. The molecule has 3 aromatic rings. The fraction of sp³-hybridized carbons (Fsp3) is 0.391. The van der Waals surface area contributed by atoms with Crippen LogP contribution in [-0.4, -0.2) is 33.0 Å². The zero-order valence-corrected chi connectivity index (χ0v) is 16.3. The Morgan fingerprint density at radius 2 is 2.11 bits per heavy atom. The third-order valence-corrected chi connectivity index (χ3v) is 5.97. The van der Waals surface area contributed by atoms with Gasteiger partial charge in [0.15, 0.2) is 0 Å². The molecule has 1 N–H and O–H groups in total. The van der Waals surface area contributed by atoms with Crippen molar-refractivity contribution in [2.45, 2.75) is 45.2 Å². The van der Waals surface area contributed by atoms with E-state index in [9.17, 15) is 0 Å². The number of benzene rings is 1. The summed E-state index contributed by atoms with van der Waals surface area (Å²) in [5.41, 5.74) is 7.80. The second-order valence-electron chi connectivity index (χ2n) is 7.69. The lowest BCUT2D eigenvalue weighted by Crippen LogP contribution is -2.36. The second kappa shape index (κ2) is 7.40. The lowest BCUT2D eigenvalue weighted by atomic mass is 9.95. The van der Waals surface area contributed by atoms with Gasteiger partial charge in [0.2, 0.25) is 0 Å². The SMILES string of the molecule is CCOc1cc2c(cc1CN1CCc3[nH]cnc3C1c1cccnc1)CCC2. The molecule has 5 heteroatoms. The summed E-state index contributed by atoms with van der Waals surface area (Å²) in [7, 11) is 0. The Morgan fingerprint density at radius 1 is 1.21 bits per heavy atom. The monoisotopic (exact) mass is 374 g/mol. The molecular weight excluding hydrogens is 348 g/mol. The van der Waals surface area contributed by atoms with Crippen LogP contribution in [0, 0.1) is 0 Å². The molecule has 0 fully saturated rings. The van der Waals surface area contributed by atoms with E-state index in [0.29, 0.717) is 6.61 Å². The van der Waals surface area contributed by atoms with Crippen molar-refractivity contribution in [3.8, 4) is 5.75 Å². The highest BCUT2D eigenvalue weighted by atomic mass is 16.5. The van der Waals surface area contributed by atoms with Crippen LogP contribution in [0.3, 0.4) is 0 Å². The molecule has 1 aromatic carbocycles. The van der Waals surface area contributed by atoms with Gasteiger partial charge in [-0.3, -0.25) is 9.88 Å². The normalized spacial score (nSPS) is 18.7. The summed E-state index contributed by atoms with van der Waals surface area (Å²) in [5, 5.41) is 0. The number of hydrogen-bond acceptors (Lipinski definition) is 4. The van der Waals surface area contributed by atoms with Crippen LogP contribution in [-0.2, 0) is 25.8 Å². The molecule has 2 aromatic heterocycles. The molecule has 0 saturated carbocycles. The van der Waals surface area contributed by atoms with E-state index in [-0.39, 0.29) is 6.04 Å². The first kappa shape index (κ1) is 17.4. The largest absolute Gasteiger partial charge is 0.494 e. The molecule has 0 bridgehead atoms. The summed E-state index contributed by atoms with van der Waals surface area (Å²) in [6.45, 7) is 4.60. The standard InChI is InChI=1S/C23H26N4O/c1-2-28-21-12-17-6-3-5-16(17)11-19(21)14-27-10-8-20-22(26-15-25-20)23(27)18-7-4-9-24-13-18/h4,7,9,11-13,15,23H,2-3,5-6,8,10,14H2,1H3,(H,25,26). The van der Waals surface area contributed by atoms with Gasteiger partial charge in [0.1, 0.15) is 5.75 Å². The number of pyridine rings is 1. The first-order chi connectivity index (χ1) is 13.8. The fourth-order valence-corrected chi connectivity index (χ4v) is 4.69. The predicted molar refractivity (Wildman–Crippen MR) is 108 cm³/mol. The number of H-pyrrole nitrogens is 1. The van der Waals surface area contributed by atoms with Crippen LogP contribution in [0.25, 0.3) is 0 Å². The summed E-state index contributed by atoms with van der Waals surface area (Å²) in [5.74, 6) is 1.04. The topological polar surface area (TPSA) is 54.0 Å². The minimum absolute atomic E-state index is 0.117. The lowest BCUT2D eigenvalue weighted by Gasteiger charge is -2.35. The molecule has 0 saturated heterocycles. The second-order valence-corrected chi connectivity index (χ2v) is 7.69. The zero-order valence-electron chi connectivity index (χ0n) is 16.3. The highest BCUT2D eigenvalue weighted by molar-refractivity contribution is 5.45. The van der Waals surface area contributed by atoms with E-state index in [2.05, 4.69) is 45.0 Å². The number of imidazole rings is 1. The Bertz CT molecular complexity index is 966. The number of ether oxygens (including phenoxy) is 1. The van der Waals surface area contributed by atoms with Crippen molar-refractivity contribution in [3.05, 3.63) is 76.6 Å². The van der Waals surface area contributed by atoms with Crippen molar-refractivity contribution in [1.29, 1.82) is 0 Å². The van der Waals surface area contributed by atoms with E-state index in [1.165, 1.54) is 47.2 Å². The molecular formula is C23H26N4O. The van der Waals surface area contributed by atoms with Gasteiger partial charge in [-0.2, -0.15) is 0 Å². The Labute approximate surface area is 165 Å². The molecule has 0 amide bonds. The van der Waals surface area contributed by atoms with E-state index >= 15 is 0 Å². The van der Waals surface area contributed by atoms with E-state index in [0.717, 1.165) is 31.0 Å². The van der Waals surface area contributed by atoms with Crippen LogP contribution in [0.2, 0.25) is 0 Å². The van der Waals surface area contributed by atoms with Crippen molar-refractivity contribution < 1.29 is 4.74 Å². The Morgan fingerprint density at radius 3 is 2.93 bits per heavy atom. The van der Waals surface area contributed by atoms with E-state index in [1.54, 1.807) is 0 Å². The number of fused-ring (bicyclic) bond motifs is 2. The molecule has 1 aliphatic heterocycles. The molecule has 28 heavy (non-hydrogen) atoms. The predicted octanol–water partition coefficient (Wildman–Crippen LogP) is 3.84. The minimum Gasteiger partial charge on any atom is -0.494 e. The smallest absolute Gasteiger partial charge is 0.124 e. The van der Waals surface area contributed by atoms with Crippen molar-refractivity contribution >= 4 is 0 Å². The van der Waals surface area contributed by atoms with E-state index in [4.69, 9.17) is 4.74 Å². The van der Waals surface area contributed by atoms with Crippen molar-refractivity contribution in [2.24, 2.45) is 0 Å².